The van der Waals surface area contributed by atoms with Gasteiger partial charge in [-0.15, -0.1) is 0 Å². The van der Waals surface area contributed by atoms with Gasteiger partial charge in [0.2, 0.25) is 0 Å². The van der Waals surface area contributed by atoms with Gasteiger partial charge in [-0.1, -0.05) is 13.8 Å². The minimum Gasteiger partial charge on any atom is -0.465 e. The van der Waals surface area contributed by atoms with Crippen LogP contribution < -0.4 is 5.32 Å². The van der Waals surface area contributed by atoms with Crippen LogP contribution >= 0.6 is 0 Å². The van der Waals surface area contributed by atoms with E-state index in [-0.39, 0.29) is 12.0 Å². The first-order chi connectivity index (χ1) is 8.99. The minimum absolute atomic E-state index is 0.243. The van der Waals surface area contributed by atoms with Gasteiger partial charge >= 0.3 is 5.97 Å². The van der Waals surface area contributed by atoms with Gasteiger partial charge in [-0.2, -0.15) is 0 Å². The quantitative estimate of drug-likeness (QED) is 0.803. The molecule has 0 spiro atoms. The van der Waals surface area contributed by atoms with E-state index in [9.17, 15) is 4.79 Å². The van der Waals surface area contributed by atoms with E-state index in [0.717, 1.165) is 11.3 Å². The van der Waals surface area contributed by atoms with Crippen molar-refractivity contribution in [1.82, 2.24) is 0 Å². The highest BCUT2D eigenvalue weighted by atomic mass is 16.5. The van der Waals surface area contributed by atoms with Crippen molar-refractivity contribution in [2.75, 3.05) is 26.1 Å². The highest BCUT2D eigenvalue weighted by molar-refractivity contribution is 5.90. The molecule has 4 heteroatoms. The van der Waals surface area contributed by atoms with Gasteiger partial charge in [0, 0.05) is 12.8 Å². The smallest absolute Gasteiger partial charge is 0.337 e. The van der Waals surface area contributed by atoms with Gasteiger partial charge in [0.15, 0.2) is 0 Å². The van der Waals surface area contributed by atoms with Crippen molar-refractivity contribution < 1.29 is 14.3 Å². The molecule has 19 heavy (non-hydrogen) atoms. The molecular weight excluding hydrogens is 242 g/mol. The van der Waals surface area contributed by atoms with Crippen molar-refractivity contribution in [2.45, 2.75) is 26.8 Å². The maximum Gasteiger partial charge on any atom is 0.337 e. The minimum atomic E-state index is -0.313. The van der Waals surface area contributed by atoms with Crippen LogP contribution in [-0.4, -0.2) is 32.8 Å². The van der Waals surface area contributed by atoms with E-state index >= 15 is 0 Å². The van der Waals surface area contributed by atoms with E-state index in [0.29, 0.717) is 18.1 Å². The van der Waals surface area contributed by atoms with E-state index in [4.69, 9.17) is 9.47 Å². The second kappa shape index (κ2) is 7.14. The molecule has 1 atom stereocenters. The van der Waals surface area contributed by atoms with E-state index in [1.165, 1.54) is 7.11 Å². The van der Waals surface area contributed by atoms with E-state index < -0.39 is 0 Å². The zero-order valence-electron chi connectivity index (χ0n) is 12.3. The average molecular weight is 265 g/mol. The third kappa shape index (κ3) is 4.24. The molecule has 0 radical (unpaired) electrons. The number of anilines is 1. The Morgan fingerprint density at radius 2 is 2.00 bits per heavy atom. The lowest BCUT2D eigenvalue weighted by molar-refractivity contribution is 0.0600. The zero-order chi connectivity index (χ0) is 14.4. The van der Waals surface area contributed by atoms with Crippen molar-refractivity contribution in [3.8, 4) is 0 Å². The summed E-state index contributed by atoms with van der Waals surface area (Å²) in [5.41, 5.74) is 2.60. The normalized spacial score (nSPS) is 12.3. The molecule has 1 unspecified atom stereocenters. The van der Waals surface area contributed by atoms with Crippen LogP contribution in [0.4, 0.5) is 5.69 Å². The third-order valence-corrected chi connectivity index (χ3v) is 3.14. The Balaban J connectivity index is 2.87. The predicted molar refractivity (Wildman–Crippen MR) is 76.6 cm³/mol. The first kappa shape index (κ1) is 15.5. The van der Waals surface area contributed by atoms with Crippen molar-refractivity contribution >= 4 is 11.7 Å². The summed E-state index contributed by atoms with van der Waals surface area (Å²) in [5, 5.41) is 3.45. The van der Waals surface area contributed by atoms with Crippen molar-refractivity contribution in [2.24, 2.45) is 5.92 Å². The average Bonchev–Trinajstić information content (AvgIpc) is 2.39. The molecule has 0 heterocycles. The van der Waals surface area contributed by atoms with Gasteiger partial charge < -0.3 is 14.8 Å². The molecule has 0 aromatic heterocycles. The van der Waals surface area contributed by atoms with Gasteiger partial charge in [-0.3, -0.25) is 0 Å². The van der Waals surface area contributed by atoms with Crippen molar-refractivity contribution in [3.05, 3.63) is 29.3 Å². The van der Waals surface area contributed by atoms with Crippen LogP contribution in [0.5, 0.6) is 0 Å². The number of hydrogen-bond acceptors (Lipinski definition) is 4. The molecule has 1 aromatic carbocycles. The molecule has 0 bridgehead atoms. The van der Waals surface area contributed by atoms with Gasteiger partial charge in [-0.05, 0) is 36.6 Å². The van der Waals surface area contributed by atoms with Crippen LogP contribution in [0.15, 0.2) is 18.2 Å². The van der Waals surface area contributed by atoms with E-state index in [1.54, 1.807) is 13.2 Å². The number of methoxy groups -OCH3 is 2. The lowest BCUT2D eigenvalue weighted by Crippen LogP contribution is -2.30. The molecule has 1 rings (SSSR count). The number of esters is 1. The number of hydrogen-bond donors (Lipinski definition) is 1. The predicted octanol–water partition coefficient (Wildman–Crippen LogP) is 2.86. The summed E-state index contributed by atoms with van der Waals surface area (Å²) in [6, 6.07) is 5.75. The lowest BCUT2D eigenvalue weighted by Gasteiger charge is -2.24. The number of carbonyl (C=O) groups excluding carboxylic acids is 1. The third-order valence-electron chi connectivity index (χ3n) is 3.14. The summed E-state index contributed by atoms with van der Waals surface area (Å²) in [4.78, 5) is 11.4. The summed E-state index contributed by atoms with van der Waals surface area (Å²) in [5.74, 6) is 0.145. The van der Waals surface area contributed by atoms with Crippen LogP contribution in [0.2, 0.25) is 0 Å². The van der Waals surface area contributed by atoms with Crippen LogP contribution in [0, 0.1) is 12.8 Å². The number of aryl methyl sites for hydroxylation is 1. The van der Waals surface area contributed by atoms with Crippen LogP contribution in [0.1, 0.15) is 29.8 Å². The van der Waals surface area contributed by atoms with Crippen LogP contribution in [0.25, 0.3) is 0 Å². The highest BCUT2D eigenvalue weighted by Gasteiger charge is 2.14. The van der Waals surface area contributed by atoms with Crippen molar-refractivity contribution in [1.29, 1.82) is 0 Å². The standard InChI is InChI=1S/C15H23NO3/c1-10(2)14(9-18-4)16-13-7-6-12(8-11(13)3)15(17)19-5/h6-8,10,14,16H,9H2,1-5H3. The second-order valence-corrected chi connectivity index (χ2v) is 4.97. The molecule has 0 fully saturated rings. The zero-order valence-corrected chi connectivity index (χ0v) is 12.3. The fraction of sp³-hybridized carbons (Fsp3) is 0.533. The molecule has 1 N–H and O–H groups in total. The molecule has 0 aliphatic heterocycles. The first-order valence-electron chi connectivity index (χ1n) is 6.44. The Kier molecular flexibility index (Phi) is 5.83. The van der Waals surface area contributed by atoms with E-state index in [2.05, 4.69) is 19.2 Å². The molecule has 0 amide bonds. The number of benzene rings is 1. The summed E-state index contributed by atoms with van der Waals surface area (Å²) in [6.07, 6.45) is 0. The number of nitrogens with one attached hydrogen (secondary N) is 1. The summed E-state index contributed by atoms with van der Waals surface area (Å²) >= 11 is 0. The number of carbonyl (C=O) groups is 1. The first-order valence-corrected chi connectivity index (χ1v) is 6.44. The van der Waals surface area contributed by atoms with Crippen LogP contribution in [0.3, 0.4) is 0 Å². The molecule has 1 aromatic rings. The maximum absolute atomic E-state index is 11.4. The van der Waals surface area contributed by atoms with Crippen LogP contribution in [-0.2, 0) is 9.47 Å². The SMILES string of the molecule is COCC(Nc1ccc(C(=O)OC)cc1C)C(C)C. The Hall–Kier alpha value is -1.55. The van der Waals surface area contributed by atoms with Gasteiger partial charge in [0.25, 0.3) is 0 Å². The van der Waals surface area contributed by atoms with Gasteiger partial charge in [-0.25, -0.2) is 4.79 Å². The van der Waals surface area contributed by atoms with Crippen molar-refractivity contribution in [3.63, 3.8) is 0 Å². The maximum atomic E-state index is 11.4. The molecule has 0 saturated carbocycles. The monoisotopic (exact) mass is 265 g/mol. The summed E-state index contributed by atoms with van der Waals surface area (Å²) in [7, 11) is 3.08. The topological polar surface area (TPSA) is 47.6 Å². The Morgan fingerprint density at radius 3 is 2.47 bits per heavy atom. The van der Waals surface area contributed by atoms with Gasteiger partial charge in [0.05, 0.1) is 25.3 Å². The molecule has 0 aliphatic rings. The molecule has 106 valence electrons. The van der Waals surface area contributed by atoms with E-state index in [1.807, 2.05) is 19.1 Å². The molecule has 0 saturated heterocycles. The number of rotatable bonds is 6. The lowest BCUT2D eigenvalue weighted by atomic mass is 10.0. The fourth-order valence-corrected chi connectivity index (χ4v) is 1.85. The largest absolute Gasteiger partial charge is 0.465 e. The van der Waals surface area contributed by atoms with Gasteiger partial charge in [0.1, 0.15) is 0 Å². The molecule has 4 nitrogen and oxygen atoms in total. The summed E-state index contributed by atoms with van der Waals surface area (Å²) < 4.78 is 9.93. The molecular formula is C15H23NO3. The summed E-state index contributed by atoms with van der Waals surface area (Å²) in [6.45, 7) is 6.92. The Bertz CT molecular complexity index is 429. The Labute approximate surface area is 115 Å². The number of ether oxygens (including phenoxy) is 2. The Morgan fingerprint density at radius 1 is 1.32 bits per heavy atom. The highest BCUT2D eigenvalue weighted by Crippen LogP contribution is 2.20. The molecule has 0 aliphatic carbocycles. The second-order valence-electron chi connectivity index (χ2n) is 4.97. The fourth-order valence-electron chi connectivity index (χ4n) is 1.85.